The molecule has 6 nitrogen and oxygen atoms in total. The first-order valence-electron chi connectivity index (χ1n) is 7.92. The molecule has 2 N–H and O–H groups in total. The van der Waals surface area contributed by atoms with Crippen molar-refractivity contribution < 1.29 is 9.59 Å². The maximum Gasteiger partial charge on any atom is 0.229 e. The summed E-state index contributed by atoms with van der Waals surface area (Å²) in [5.74, 6) is 0.241. The highest BCUT2D eigenvalue weighted by Crippen LogP contribution is 2.30. The highest BCUT2D eigenvalue weighted by atomic mass is 32.1. The number of aromatic nitrogens is 2. The molecule has 130 valence electrons. The van der Waals surface area contributed by atoms with E-state index >= 15 is 0 Å². The summed E-state index contributed by atoms with van der Waals surface area (Å²) in [6.45, 7) is 0. The Kier molecular flexibility index (Phi) is 5.72. The average molecular weight is 374 g/mol. The summed E-state index contributed by atoms with van der Waals surface area (Å²) in [5.41, 5.74) is 1.79. The van der Waals surface area contributed by atoms with Crippen molar-refractivity contribution in [2.24, 2.45) is 5.92 Å². The molecule has 1 saturated carbocycles. The molecule has 0 atom stereocenters. The fourth-order valence-corrected chi connectivity index (χ4v) is 3.62. The Labute approximate surface area is 153 Å². The number of thiazole rings is 2. The van der Waals surface area contributed by atoms with Crippen molar-refractivity contribution in [1.82, 2.24) is 9.97 Å². The molecular weight excluding hydrogens is 356 g/mol. The molecule has 0 aliphatic heterocycles. The SMILES string of the molecule is CNc1nc2ccccc2s1.O=CCc1csc(NC(=O)C2CC2)n1. The summed E-state index contributed by atoms with van der Waals surface area (Å²) in [6.07, 6.45) is 3.09. The summed E-state index contributed by atoms with van der Waals surface area (Å²) in [7, 11) is 1.89. The van der Waals surface area contributed by atoms with Crippen LogP contribution in [0.15, 0.2) is 29.6 Å². The minimum Gasteiger partial charge on any atom is -0.365 e. The van der Waals surface area contributed by atoms with Gasteiger partial charge in [-0.15, -0.1) is 11.3 Å². The Bertz CT molecular complexity index is 837. The Hall–Kier alpha value is -2.32. The molecule has 1 fully saturated rings. The second-order valence-electron chi connectivity index (χ2n) is 5.52. The van der Waals surface area contributed by atoms with Gasteiger partial charge in [0.25, 0.3) is 0 Å². The fourth-order valence-electron chi connectivity index (χ4n) is 2.08. The van der Waals surface area contributed by atoms with Crippen molar-refractivity contribution >= 4 is 55.3 Å². The molecule has 8 heteroatoms. The van der Waals surface area contributed by atoms with Crippen LogP contribution < -0.4 is 10.6 Å². The lowest BCUT2D eigenvalue weighted by Gasteiger charge is -1.97. The van der Waals surface area contributed by atoms with Crippen LogP contribution >= 0.6 is 22.7 Å². The average Bonchev–Trinajstić information content (AvgIpc) is 3.25. The van der Waals surface area contributed by atoms with E-state index in [1.807, 2.05) is 25.2 Å². The van der Waals surface area contributed by atoms with E-state index in [1.165, 1.54) is 16.0 Å². The van der Waals surface area contributed by atoms with Crippen LogP contribution in [-0.4, -0.2) is 29.2 Å². The first-order valence-corrected chi connectivity index (χ1v) is 9.61. The van der Waals surface area contributed by atoms with Crippen molar-refractivity contribution in [3.63, 3.8) is 0 Å². The summed E-state index contributed by atoms with van der Waals surface area (Å²) in [5, 5.41) is 9.12. The van der Waals surface area contributed by atoms with Crippen LogP contribution in [0.1, 0.15) is 18.5 Å². The summed E-state index contributed by atoms with van der Waals surface area (Å²) >= 11 is 3.04. The van der Waals surface area contributed by atoms with Gasteiger partial charge in [-0.3, -0.25) is 4.79 Å². The summed E-state index contributed by atoms with van der Waals surface area (Å²) in [4.78, 5) is 30.0. The third-order valence-corrected chi connectivity index (χ3v) is 5.39. The third-order valence-electron chi connectivity index (χ3n) is 3.53. The highest BCUT2D eigenvalue weighted by molar-refractivity contribution is 7.22. The number of amides is 1. The summed E-state index contributed by atoms with van der Waals surface area (Å²) < 4.78 is 1.23. The predicted molar refractivity (Wildman–Crippen MR) is 102 cm³/mol. The molecule has 0 saturated heterocycles. The molecule has 0 bridgehead atoms. The molecule has 0 unspecified atom stereocenters. The van der Waals surface area contributed by atoms with Crippen LogP contribution in [0.5, 0.6) is 0 Å². The van der Waals surface area contributed by atoms with E-state index in [0.717, 1.165) is 35.5 Å². The lowest BCUT2D eigenvalue weighted by molar-refractivity contribution is -0.117. The van der Waals surface area contributed by atoms with Gasteiger partial charge < -0.3 is 15.4 Å². The van der Waals surface area contributed by atoms with E-state index < -0.39 is 0 Å². The quantitative estimate of drug-likeness (QED) is 0.667. The van der Waals surface area contributed by atoms with E-state index in [9.17, 15) is 9.59 Å². The molecule has 1 aliphatic rings. The van der Waals surface area contributed by atoms with E-state index in [1.54, 1.807) is 16.7 Å². The van der Waals surface area contributed by atoms with Crippen molar-refractivity contribution in [1.29, 1.82) is 0 Å². The van der Waals surface area contributed by atoms with Gasteiger partial charge in [0.05, 0.1) is 15.9 Å². The highest BCUT2D eigenvalue weighted by Gasteiger charge is 2.30. The number of hydrogen-bond donors (Lipinski definition) is 2. The normalized spacial score (nSPS) is 13.0. The number of fused-ring (bicyclic) bond motifs is 1. The first kappa shape index (κ1) is 17.5. The third kappa shape index (κ3) is 4.83. The van der Waals surface area contributed by atoms with Crippen LogP contribution in [0.4, 0.5) is 10.3 Å². The number of anilines is 2. The number of rotatable bonds is 5. The number of carbonyl (C=O) groups excluding carboxylic acids is 2. The van der Waals surface area contributed by atoms with Crippen molar-refractivity contribution in [3.8, 4) is 0 Å². The topological polar surface area (TPSA) is 84.0 Å². The Balaban J connectivity index is 0.000000150. The van der Waals surface area contributed by atoms with Gasteiger partial charge in [0, 0.05) is 24.8 Å². The smallest absolute Gasteiger partial charge is 0.229 e. The van der Waals surface area contributed by atoms with E-state index in [2.05, 4.69) is 26.7 Å². The van der Waals surface area contributed by atoms with E-state index in [0.29, 0.717) is 11.6 Å². The first-order chi connectivity index (χ1) is 12.2. The van der Waals surface area contributed by atoms with E-state index in [-0.39, 0.29) is 11.8 Å². The molecule has 1 amide bonds. The standard InChI is InChI=1S/C9H10N2O2S.C8H8N2S/c12-4-3-7-5-14-9(10-7)11-8(13)6-1-2-6;1-9-8-10-6-4-2-3-5-7(6)11-8/h4-6H,1-3H2,(H,10,11,13);2-5H,1H3,(H,9,10). The van der Waals surface area contributed by atoms with Crippen LogP contribution in [0.25, 0.3) is 10.2 Å². The number of benzene rings is 1. The lowest BCUT2D eigenvalue weighted by atomic mass is 10.3. The summed E-state index contributed by atoms with van der Waals surface area (Å²) in [6, 6.07) is 8.13. The monoisotopic (exact) mass is 374 g/mol. The number of carbonyl (C=O) groups is 2. The van der Waals surface area contributed by atoms with Crippen LogP contribution in [-0.2, 0) is 16.0 Å². The number of para-hydroxylation sites is 1. The predicted octanol–water partition coefficient (Wildman–Crippen LogP) is 3.57. The minimum absolute atomic E-state index is 0.0528. The van der Waals surface area contributed by atoms with Crippen LogP contribution in [0, 0.1) is 5.92 Å². The lowest BCUT2D eigenvalue weighted by Crippen LogP contribution is -2.13. The van der Waals surface area contributed by atoms with Gasteiger partial charge in [0.1, 0.15) is 6.29 Å². The fraction of sp³-hybridized carbons (Fsp3) is 0.294. The van der Waals surface area contributed by atoms with Gasteiger partial charge in [-0.1, -0.05) is 23.5 Å². The molecule has 2 aromatic heterocycles. The van der Waals surface area contributed by atoms with Gasteiger partial charge in [0.15, 0.2) is 10.3 Å². The van der Waals surface area contributed by atoms with Gasteiger partial charge in [-0.25, -0.2) is 9.97 Å². The maximum atomic E-state index is 11.3. The Morgan fingerprint density at radius 1 is 1.28 bits per heavy atom. The molecule has 1 aromatic carbocycles. The Morgan fingerprint density at radius 2 is 2.08 bits per heavy atom. The van der Waals surface area contributed by atoms with Crippen molar-refractivity contribution in [2.75, 3.05) is 17.7 Å². The van der Waals surface area contributed by atoms with Crippen LogP contribution in [0.2, 0.25) is 0 Å². The van der Waals surface area contributed by atoms with Crippen LogP contribution in [0.3, 0.4) is 0 Å². The zero-order chi connectivity index (χ0) is 17.6. The molecule has 0 spiro atoms. The molecule has 4 rings (SSSR count). The molecular formula is C17H18N4O2S2. The molecule has 25 heavy (non-hydrogen) atoms. The minimum atomic E-state index is 0.0528. The molecule has 1 aliphatic carbocycles. The van der Waals surface area contributed by atoms with Gasteiger partial charge >= 0.3 is 0 Å². The number of aldehydes is 1. The second kappa shape index (κ2) is 8.17. The van der Waals surface area contributed by atoms with Crippen molar-refractivity contribution in [3.05, 3.63) is 35.3 Å². The largest absolute Gasteiger partial charge is 0.365 e. The molecule has 2 heterocycles. The van der Waals surface area contributed by atoms with Crippen molar-refractivity contribution in [2.45, 2.75) is 19.3 Å². The maximum absolute atomic E-state index is 11.3. The second-order valence-corrected chi connectivity index (χ2v) is 7.40. The number of nitrogens with one attached hydrogen (secondary N) is 2. The number of hydrogen-bond acceptors (Lipinski definition) is 7. The van der Waals surface area contributed by atoms with Gasteiger partial charge in [-0.05, 0) is 25.0 Å². The van der Waals surface area contributed by atoms with Gasteiger partial charge in [0.2, 0.25) is 5.91 Å². The van der Waals surface area contributed by atoms with Gasteiger partial charge in [-0.2, -0.15) is 0 Å². The Morgan fingerprint density at radius 3 is 2.76 bits per heavy atom. The number of nitrogens with zero attached hydrogens (tertiary/aromatic N) is 2. The molecule has 0 radical (unpaired) electrons. The zero-order valence-corrected chi connectivity index (χ0v) is 15.3. The zero-order valence-electron chi connectivity index (χ0n) is 13.7. The molecule has 3 aromatic rings. The van der Waals surface area contributed by atoms with E-state index in [4.69, 9.17) is 0 Å².